The average molecular weight is 289 g/mol. The summed E-state index contributed by atoms with van der Waals surface area (Å²) in [6, 6.07) is 0. The molecule has 0 fully saturated rings. The summed E-state index contributed by atoms with van der Waals surface area (Å²) < 4.78 is 22.5. The standard InChI is InChI=1S/C6HClN6O4S/c7-18(16,17)6-2(10-12-8)1-3(14)5(15)4(6)11-13-9/h1H. The van der Waals surface area contributed by atoms with E-state index in [1.807, 2.05) is 0 Å². The van der Waals surface area contributed by atoms with Gasteiger partial charge >= 0.3 is 0 Å². The van der Waals surface area contributed by atoms with Gasteiger partial charge in [-0.2, -0.15) is 0 Å². The van der Waals surface area contributed by atoms with E-state index in [1.54, 1.807) is 0 Å². The van der Waals surface area contributed by atoms with Crippen LogP contribution in [0.25, 0.3) is 20.9 Å². The Labute approximate surface area is 103 Å². The Morgan fingerprint density at radius 2 is 1.72 bits per heavy atom. The first-order valence-electron chi connectivity index (χ1n) is 3.92. The zero-order chi connectivity index (χ0) is 13.9. The molecule has 0 amide bonds. The molecule has 1 aliphatic carbocycles. The first kappa shape index (κ1) is 13.7. The Bertz CT molecular complexity index is 706. The lowest BCUT2D eigenvalue weighted by Gasteiger charge is -2.11. The van der Waals surface area contributed by atoms with Crippen LogP contribution in [0.3, 0.4) is 0 Å². The smallest absolute Gasteiger partial charge is 0.262 e. The summed E-state index contributed by atoms with van der Waals surface area (Å²) in [5.74, 6) is -2.55. The summed E-state index contributed by atoms with van der Waals surface area (Å²) in [4.78, 5) is 26.0. The molecule has 0 radical (unpaired) electrons. The second-order valence-corrected chi connectivity index (χ2v) is 5.22. The van der Waals surface area contributed by atoms with Crippen molar-refractivity contribution in [1.29, 1.82) is 0 Å². The molecule has 0 saturated carbocycles. The number of rotatable bonds is 3. The molecule has 0 spiro atoms. The van der Waals surface area contributed by atoms with Gasteiger partial charge in [0.15, 0.2) is 0 Å². The summed E-state index contributed by atoms with van der Waals surface area (Å²) in [5, 5.41) is 5.71. The quantitative estimate of drug-likeness (QED) is 0.191. The molecular weight excluding hydrogens is 288 g/mol. The number of hydrogen-bond acceptors (Lipinski definition) is 6. The number of azide groups is 2. The van der Waals surface area contributed by atoms with E-state index in [-0.39, 0.29) is 0 Å². The summed E-state index contributed by atoms with van der Waals surface area (Å²) in [6.45, 7) is 0. The summed E-state index contributed by atoms with van der Waals surface area (Å²) in [7, 11) is 0.485. The zero-order valence-electron chi connectivity index (χ0n) is 8.18. The van der Waals surface area contributed by atoms with Gasteiger partial charge in [0, 0.05) is 26.6 Å². The van der Waals surface area contributed by atoms with E-state index < -0.39 is 36.9 Å². The first-order chi connectivity index (χ1) is 8.32. The van der Waals surface area contributed by atoms with Gasteiger partial charge in [-0.3, -0.25) is 9.59 Å². The van der Waals surface area contributed by atoms with Gasteiger partial charge in [0.1, 0.15) is 10.6 Å². The highest BCUT2D eigenvalue weighted by molar-refractivity contribution is 8.17. The molecular formula is C6HClN6O4S. The minimum atomic E-state index is -4.54. The van der Waals surface area contributed by atoms with Crippen molar-refractivity contribution in [3.63, 3.8) is 0 Å². The fourth-order valence-corrected chi connectivity index (χ4v) is 2.27. The van der Waals surface area contributed by atoms with Crippen molar-refractivity contribution in [2.45, 2.75) is 0 Å². The molecule has 0 atom stereocenters. The van der Waals surface area contributed by atoms with Gasteiger partial charge in [-0.1, -0.05) is 10.2 Å². The van der Waals surface area contributed by atoms with Crippen LogP contribution in [-0.2, 0) is 18.6 Å². The molecule has 92 valence electrons. The van der Waals surface area contributed by atoms with Crippen LogP contribution in [0.2, 0.25) is 0 Å². The van der Waals surface area contributed by atoms with Crippen LogP contribution in [-0.4, -0.2) is 20.0 Å². The minimum Gasteiger partial charge on any atom is -0.286 e. The fraction of sp³-hybridized carbons (Fsp3) is 0. The van der Waals surface area contributed by atoms with Crippen LogP contribution in [0.15, 0.2) is 32.6 Å². The molecule has 12 heteroatoms. The third-order valence-electron chi connectivity index (χ3n) is 1.70. The van der Waals surface area contributed by atoms with Gasteiger partial charge < -0.3 is 0 Å². The highest BCUT2D eigenvalue weighted by atomic mass is 35.7. The number of Topliss-reactive ketones (excluding diaryl/α,β-unsaturated/α-hetero) is 1. The molecule has 0 unspecified atom stereocenters. The molecule has 0 aromatic rings. The number of carbonyl (C=O) groups is 2. The lowest BCUT2D eigenvalue weighted by Crippen LogP contribution is -2.21. The fourth-order valence-electron chi connectivity index (χ4n) is 1.09. The topological polar surface area (TPSA) is 166 Å². The van der Waals surface area contributed by atoms with E-state index in [2.05, 4.69) is 20.1 Å². The van der Waals surface area contributed by atoms with Gasteiger partial charge in [0.25, 0.3) is 9.05 Å². The van der Waals surface area contributed by atoms with Crippen molar-refractivity contribution in [3.05, 3.63) is 43.3 Å². The van der Waals surface area contributed by atoms with Crippen LogP contribution in [0.4, 0.5) is 0 Å². The molecule has 0 aromatic heterocycles. The third-order valence-corrected chi connectivity index (χ3v) is 3.05. The second-order valence-electron chi connectivity index (χ2n) is 2.72. The second kappa shape index (κ2) is 4.90. The van der Waals surface area contributed by atoms with Crippen LogP contribution >= 0.6 is 10.7 Å². The lowest BCUT2D eigenvalue weighted by molar-refractivity contribution is -0.131. The maximum atomic E-state index is 11.3. The van der Waals surface area contributed by atoms with Gasteiger partial charge in [-0.15, -0.1) is 0 Å². The summed E-state index contributed by atoms with van der Waals surface area (Å²) in [5.41, 5.74) is 14.7. The predicted octanol–water partition coefficient (Wildman–Crippen LogP) is 1.42. The minimum absolute atomic E-state index is 0.494. The van der Waals surface area contributed by atoms with Crippen LogP contribution in [0, 0.1) is 0 Å². The van der Waals surface area contributed by atoms with Crippen molar-refractivity contribution in [2.75, 3.05) is 0 Å². The molecule has 0 N–H and O–H groups in total. The number of hydrogen-bond donors (Lipinski definition) is 0. The number of ketones is 2. The van der Waals surface area contributed by atoms with E-state index in [4.69, 9.17) is 21.7 Å². The van der Waals surface area contributed by atoms with Crippen molar-refractivity contribution >= 4 is 31.3 Å². The largest absolute Gasteiger partial charge is 0.286 e. The maximum absolute atomic E-state index is 11.3. The van der Waals surface area contributed by atoms with E-state index in [0.29, 0.717) is 6.08 Å². The number of halogens is 1. The highest BCUT2D eigenvalue weighted by Crippen LogP contribution is 2.30. The van der Waals surface area contributed by atoms with Crippen molar-refractivity contribution in [1.82, 2.24) is 0 Å². The molecule has 1 aliphatic rings. The third kappa shape index (κ3) is 2.50. The van der Waals surface area contributed by atoms with E-state index in [1.165, 1.54) is 0 Å². The summed E-state index contributed by atoms with van der Waals surface area (Å²) >= 11 is 0. The molecule has 0 saturated heterocycles. The highest BCUT2D eigenvalue weighted by Gasteiger charge is 2.33. The maximum Gasteiger partial charge on any atom is 0.262 e. The number of allylic oxidation sites excluding steroid dienone is 2. The van der Waals surface area contributed by atoms with Crippen molar-refractivity contribution < 1.29 is 18.0 Å². The van der Waals surface area contributed by atoms with E-state index in [9.17, 15) is 18.0 Å². The first-order valence-corrected chi connectivity index (χ1v) is 6.23. The Hall–Kier alpha value is -2.32. The van der Waals surface area contributed by atoms with Gasteiger partial charge in [-0.25, -0.2) is 8.42 Å². The molecule has 1 rings (SSSR count). The zero-order valence-corrected chi connectivity index (χ0v) is 9.75. The average Bonchev–Trinajstić information content (AvgIpc) is 2.24. The molecule has 18 heavy (non-hydrogen) atoms. The molecule has 0 aromatic carbocycles. The molecule has 10 nitrogen and oxygen atoms in total. The monoisotopic (exact) mass is 288 g/mol. The number of carbonyl (C=O) groups excluding carboxylic acids is 2. The van der Waals surface area contributed by atoms with Gasteiger partial charge in [0.05, 0.1) is 5.70 Å². The summed E-state index contributed by atoms with van der Waals surface area (Å²) in [6.07, 6.45) is 0.494. The van der Waals surface area contributed by atoms with E-state index in [0.717, 1.165) is 0 Å². The van der Waals surface area contributed by atoms with Crippen molar-refractivity contribution in [3.8, 4) is 0 Å². The lowest BCUT2D eigenvalue weighted by atomic mass is 10.1. The van der Waals surface area contributed by atoms with Gasteiger partial charge in [0.2, 0.25) is 11.6 Å². The Kier molecular flexibility index (Phi) is 3.74. The Morgan fingerprint density at radius 3 is 2.17 bits per heavy atom. The van der Waals surface area contributed by atoms with Crippen LogP contribution < -0.4 is 0 Å². The number of nitrogens with zero attached hydrogens (tertiary/aromatic N) is 6. The molecule has 0 aliphatic heterocycles. The Balaban J connectivity index is 3.80. The predicted molar refractivity (Wildman–Crippen MR) is 58.2 cm³/mol. The Morgan fingerprint density at radius 1 is 1.17 bits per heavy atom. The van der Waals surface area contributed by atoms with Gasteiger partial charge in [-0.05, 0) is 11.1 Å². The van der Waals surface area contributed by atoms with Crippen LogP contribution in [0.1, 0.15) is 0 Å². The SMILES string of the molecule is [N-]=[N+]=NC1=CC(=O)C(=O)C(N=[N+]=[N-])=C1S(=O)(=O)Cl. The van der Waals surface area contributed by atoms with Crippen LogP contribution in [0.5, 0.6) is 0 Å². The normalized spacial score (nSPS) is 15.7. The van der Waals surface area contributed by atoms with E-state index >= 15 is 0 Å². The molecule has 0 heterocycles. The molecule has 0 bridgehead atoms. The van der Waals surface area contributed by atoms with Crippen molar-refractivity contribution in [2.24, 2.45) is 10.2 Å².